The van der Waals surface area contributed by atoms with Crippen LogP contribution in [0.2, 0.25) is 0 Å². The number of piperazine rings is 1. The lowest BCUT2D eigenvalue weighted by molar-refractivity contribution is 0.164. The molecule has 3 rings (SSSR count). The maximum absolute atomic E-state index is 6.11. The molecular formula is C24H36N6O. The van der Waals surface area contributed by atoms with E-state index in [9.17, 15) is 0 Å². The van der Waals surface area contributed by atoms with Gasteiger partial charge in [0.15, 0.2) is 5.82 Å². The predicted octanol–water partition coefficient (Wildman–Crippen LogP) is 3.57. The SMILES string of the molecule is C=C(/C=C\C(=C/C)CN1CCN(C)CC1)Cc1c[nH]c2c(N)nc(OCCCC)nc12. The van der Waals surface area contributed by atoms with Crippen LogP contribution in [0.4, 0.5) is 5.82 Å². The number of aromatic nitrogens is 3. The van der Waals surface area contributed by atoms with Crippen LogP contribution in [-0.2, 0) is 6.42 Å². The number of rotatable bonds is 10. The fraction of sp³-hybridized carbons (Fsp3) is 0.500. The maximum atomic E-state index is 6.11. The Morgan fingerprint density at radius 2 is 2.03 bits per heavy atom. The van der Waals surface area contributed by atoms with E-state index in [0.29, 0.717) is 24.9 Å². The van der Waals surface area contributed by atoms with Gasteiger partial charge in [-0.15, -0.1) is 0 Å². The van der Waals surface area contributed by atoms with E-state index in [2.05, 4.69) is 70.5 Å². The zero-order chi connectivity index (χ0) is 22.2. The van der Waals surface area contributed by atoms with E-state index in [1.165, 1.54) is 5.57 Å². The Balaban J connectivity index is 1.63. The zero-order valence-electron chi connectivity index (χ0n) is 19.2. The molecule has 0 spiro atoms. The zero-order valence-corrected chi connectivity index (χ0v) is 19.2. The molecule has 168 valence electrons. The van der Waals surface area contributed by atoms with Crippen LogP contribution >= 0.6 is 0 Å². The second-order valence-corrected chi connectivity index (χ2v) is 8.24. The molecule has 0 aromatic carbocycles. The van der Waals surface area contributed by atoms with Crippen LogP contribution in [0.25, 0.3) is 11.0 Å². The van der Waals surface area contributed by atoms with Crippen LogP contribution in [0, 0.1) is 0 Å². The lowest BCUT2D eigenvalue weighted by atomic mass is 10.1. The van der Waals surface area contributed by atoms with Crippen molar-refractivity contribution < 1.29 is 4.74 Å². The average molecular weight is 425 g/mol. The minimum atomic E-state index is 0.337. The van der Waals surface area contributed by atoms with Crippen LogP contribution in [0.15, 0.2) is 42.2 Å². The largest absolute Gasteiger partial charge is 0.463 e. The third-order valence-electron chi connectivity index (χ3n) is 5.66. The molecule has 0 aliphatic carbocycles. The van der Waals surface area contributed by atoms with Crippen molar-refractivity contribution in [2.75, 3.05) is 52.1 Å². The third kappa shape index (κ3) is 6.42. The van der Waals surface area contributed by atoms with Crippen LogP contribution in [0.3, 0.4) is 0 Å². The highest BCUT2D eigenvalue weighted by molar-refractivity contribution is 5.87. The first-order chi connectivity index (χ1) is 15.0. The summed E-state index contributed by atoms with van der Waals surface area (Å²) in [5.41, 5.74) is 11.0. The minimum Gasteiger partial charge on any atom is -0.463 e. The molecule has 0 radical (unpaired) electrons. The van der Waals surface area contributed by atoms with E-state index in [0.717, 1.165) is 67.7 Å². The van der Waals surface area contributed by atoms with Gasteiger partial charge in [0.1, 0.15) is 11.0 Å². The summed E-state index contributed by atoms with van der Waals surface area (Å²) < 4.78 is 5.67. The molecule has 0 amide bonds. The van der Waals surface area contributed by atoms with Crippen molar-refractivity contribution in [1.82, 2.24) is 24.8 Å². The summed E-state index contributed by atoms with van der Waals surface area (Å²) in [6.45, 7) is 14.5. The van der Waals surface area contributed by atoms with Gasteiger partial charge in [0.2, 0.25) is 0 Å². The molecular weight excluding hydrogens is 388 g/mol. The highest BCUT2D eigenvalue weighted by Crippen LogP contribution is 2.25. The van der Waals surface area contributed by atoms with Crippen LogP contribution in [0.5, 0.6) is 6.01 Å². The lowest BCUT2D eigenvalue weighted by Crippen LogP contribution is -2.44. The van der Waals surface area contributed by atoms with Crippen LogP contribution in [-0.4, -0.2) is 71.1 Å². The first-order valence-corrected chi connectivity index (χ1v) is 11.2. The first kappa shape index (κ1) is 23.0. The molecule has 1 aliphatic heterocycles. The van der Waals surface area contributed by atoms with Gasteiger partial charge in [0, 0.05) is 50.9 Å². The number of hydrogen-bond donors (Lipinski definition) is 2. The number of nitrogens with one attached hydrogen (secondary N) is 1. The van der Waals surface area contributed by atoms with Crippen molar-refractivity contribution in [2.24, 2.45) is 0 Å². The van der Waals surface area contributed by atoms with Gasteiger partial charge in [-0.1, -0.05) is 43.7 Å². The van der Waals surface area contributed by atoms with Gasteiger partial charge in [-0.2, -0.15) is 9.97 Å². The average Bonchev–Trinajstić information content (AvgIpc) is 3.16. The summed E-state index contributed by atoms with van der Waals surface area (Å²) in [4.78, 5) is 16.9. The Bertz CT molecular complexity index is 937. The Kier molecular flexibility index (Phi) is 8.26. The van der Waals surface area contributed by atoms with Crippen molar-refractivity contribution in [3.8, 4) is 6.01 Å². The Labute approximate surface area is 185 Å². The number of aromatic amines is 1. The molecule has 7 nitrogen and oxygen atoms in total. The van der Waals surface area contributed by atoms with Crippen molar-refractivity contribution in [1.29, 1.82) is 0 Å². The van der Waals surface area contributed by atoms with E-state index in [1.807, 2.05) is 6.20 Å². The number of likely N-dealkylation sites (N-methyl/N-ethyl adjacent to an activating group) is 1. The standard InChI is InChI=1S/C24H36N6O/c1-5-7-14-31-24-27-21-20(16-26-22(21)23(25)28-24)15-18(3)8-9-19(6-2)17-30-12-10-29(4)11-13-30/h6,8-9,16,26H,3,5,7,10-15,17H2,1-2,4H3,(H2,25,27,28)/b9-8-,19-6+. The van der Waals surface area contributed by atoms with Crippen LogP contribution in [0.1, 0.15) is 32.3 Å². The normalized spacial score (nSPS) is 16.4. The topological polar surface area (TPSA) is 83.3 Å². The number of fused-ring (bicyclic) bond motifs is 1. The summed E-state index contributed by atoms with van der Waals surface area (Å²) >= 11 is 0. The van der Waals surface area contributed by atoms with Gasteiger partial charge < -0.3 is 20.4 Å². The predicted molar refractivity (Wildman–Crippen MR) is 128 cm³/mol. The number of allylic oxidation sites excluding steroid dienone is 3. The fourth-order valence-electron chi connectivity index (χ4n) is 3.60. The number of anilines is 1. The fourth-order valence-corrected chi connectivity index (χ4v) is 3.60. The Morgan fingerprint density at radius 1 is 1.26 bits per heavy atom. The Hall–Kier alpha value is -2.64. The third-order valence-corrected chi connectivity index (χ3v) is 5.66. The molecule has 3 heterocycles. The van der Waals surface area contributed by atoms with E-state index >= 15 is 0 Å². The molecule has 31 heavy (non-hydrogen) atoms. The molecule has 0 atom stereocenters. The van der Waals surface area contributed by atoms with Crippen molar-refractivity contribution in [3.63, 3.8) is 0 Å². The van der Waals surface area contributed by atoms with Gasteiger partial charge in [-0.25, -0.2) is 0 Å². The molecule has 0 saturated carbocycles. The molecule has 1 saturated heterocycles. The summed E-state index contributed by atoms with van der Waals surface area (Å²) in [7, 11) is 2.18. The first-order valence-electron chi connectivity index (χ1n) is 11.2. The maximum Gasteiger partial charge on any atom is 0.319 e. The quantitative estimate of drug-likeness (QED) is 0.448. The smallest absolute Gasteiger partial charge is 0.319 e. The molecule has 7 heteroatoms. The van der Waals surface area contributed by atoms with Crippen molar-refractivity contribution in [3.05, 3.63) is 47.7 Å². The van der Waals surface area contributed by atoms with E-state index in [4.69, 9.17) is 10.5 Å². The van der Waals surface area contributed by atoms with Gasteiger partial charge in [-0.3, -0.25) is 4.90 Å². The van der Waals surface area contributed by atoms with Gasteiger partial charge in [-0.05, 0) is 26.0 Å². The molecule has 2 aromatic heterocycles. The highest BCUT2D eigenvalue weighted by Gasteiger charge is 2.14. The van der Waals surface area contributed by atoms with E-state index < -0.39 is 0 Å². The number of nitrogens with two attached hydrogens (primary N) is 1. The minimum absolute atomic E-state index is 0.337. The van der Waals surface area contributed by atoms with Crippen LogP contribution < -0.4 is 10.5 Å². The van der Waals surface area contributed by atoms with Crippen molar-refractivity contribution >= 4 is 16.9 Å². The molecule has 3 N–H and O–H groups in total. The van der Waals surface area contributed by atoms with Gasteiger partial charge >= 0.3 is 6.01 Å². The summed E-state index contributed by atoms with van der Waals surface area (Å²) in [6, 6.07) is 0.337. The molecule has 0 unspecified atom stereocenters. The van der Waals surface area contributed by atoms with E-state index in [-0.39, 0.29) is 0 Å². The van der Waals surface area contributed by atoms with Gasteiger partial charge in [0.25, 0.3) is 0 Å². The van der Waals surface area contributed by atoms with Crippen molar-refractivity contribution in [2.45, 2.75) is 33.1 Å². The molecule has 2 aromatic rings. The Morgan fingerprint density at radius 3 is 2.74 bits per heavy atom. The number of nitrogen functional groups attached to an aromatic ring is 1. The number of ether oxygens (including phenoxy) is 1. The number of H-pyrrole nitrogens is 1. The number of nitrogens with zero attached hydrogens (tertiary/aromatic N) is 4. The van der Waals surface area contributed by atoms with E-state index in [1.54, 1.807) is 0 Å². The molecule has 0 bridgehead atoms. The van der Waals surface area contributed by atoms with Gasteiger partial charge in [0.05, 0.1) is 6.61 Å². The molecule has 1 fully saturated rings. The summed E-state index contributed by atoms with van der Waals surface area (Å²) in [5, 5.41) is 0. The number of unbranched alkanes of at least 4 members (excludes halogenated alkanes) is 1. The second-order valence-electron chi connectivity index (χ2n) is 8.24. The second kappa shape index (κ2) is 11.1. The summed E-state index contributed by atoms with van der Waals surface area (Å²) in [6.07, 6.45) is 11.1. The number of hydrogen-bond acceptors (Lipinski definition) is 6. The summed E-state index contributed by atoms with van der Waals surface area (Å²) in [5.74, 6) is 0.410. The molecule has 1 aliphatic rings. The lowest BCUT2D eigenvalue weighted by Gasteiger charge is -2.32. The highest BCUT2D eigenvalue weighted by atomic mass is 16.5. The monoisotopic (exact) mass is 424 g/mol.